The average Bonchev–Trinajstić information content (AvgIpc) is 3.22. The fourth-order valence-corrected chi connectivity index (χ4v) is 4.50. The Hall–Kier alpha value is -3.33. The van der Waals surface area contributed by atoms with E-state index in [1.54, 1.807) is 0 Å². The largest absolute Gasteiger partial charge is 0.325 e. The van der Waals surface area contributed by atoms with Gasteiger partial charge in [0.15, 0.2) is 10.6 Å². The molecule has 3 rings (SSSR count). The SMILES string of the molecule is Cc1ccc(NC(=O)CSc2[nH+]c(N)c(C#N)c(-c3cccs3)c2C#N)c(C)c1. The van der Waals surface area contributed by atoms with E-state index in [4.69, 9.17) is 5.73 Å². The Morgan fingerprint density at radius 3 is 2.62 bits per heavy atom. The molecule has 0 fully saturated rings. The van der Waals surface area contributed by atoms with Gasteiger partial charge >= 0.3 is 0 Å². The predicted molar refractivity (Wildman–Crippen MR) is 115 cm³/mol. The number of nitrogens with zero attached hydrogens (tertiary/aromatic N) is 2. The molecule has 2 heterocycles. The Morgan fingerprint density at radius 1 is 1.24 bits per heavy atom. The zero-order valence-corrected chi connectivity index (χ0v) is 17.5. The van der Waals surface area contributed by atoms with Crippen LogP contribution in [0, 0.1) is 36.5 Å². The summed E-state index contributed by atoms with van der Waals surface area (Å²) in [5.41, 5.74) is 9.92. The van der Waals surface area contributed by atoms with Crippen molar-refractivity contribution in [1.29, 1.82) is 10.5 Å². The number of aromatic amines is 1. The van der Waals surface area contributed by atoms with Crippen molar-refractivity contribution in [1.82, 2.24) is 0 Å². The van der Waals surface area contributed by atoms with Gasteiger partial charge in [-0.1, -0.05) is 35.5 Å². The third kappa shape index (κ3) is 4.40. The van der Waals surface area contributed by atoms with E-state index in [9.17, 15) is 15.3 Å². The Balaban J connectivity index is 1.87. The number of benzene rings is 1. The van der Waals surface area contributed by atoms with Crippen molar-refractivity contribution in [3.8, 4) is 22.6 Å². The summed E-state index contributed by atoms with van der Waals surface area (Å²) in [5.74, 6) is 0.0697. The monoisotopic (exact) mass is 420 g/mol. The highest BCUT2D eigenvalue weighted by atomic mass is 32.2. The zero-order chi connectivity index (χ0) is 21.0. The van der Waals surface area contributed by atoms with Crippen LogP contribution in [0.4, 0.5) is 11.5 Å². The number of carbonyl (C=O) groups excluding carboxylic acids is 1. The van der Waals surface area contributed by atoms with Crippen molar-refractivity contribution < 1.29 is 9.78 Å². The van der Waals surface area contributed by atoms with Gasteiger partial charge in [-0.05, 0) is 36.9 Å². The van der Waals surface area contributed by atoms with Crippen molar-refractivity contribution in [2.75, 3.05) is 16.8 Å². The Bertz CT molecular complexity index is 1160. The van der Waals surface area contributed by atoms with E-state index in [1.165, 1.54) is 23.1 Å². The van der Waals surface area contributed by atoms with Crippen LogP contribution in [0.3, 0.4) is 0 Å². The lowest BCUT2D eigenvalue weighted by molar-refractivity contribution is -0.410. The van der Waals surface area contributed by atoms with Gasteiger partial charge < -0.3 is 5.32 Å². The standard InChI is InChI=1S/C21H17N5OS2/c1-12-5-6-16(13(2)8-12)25-18(27)11-29-21-15(10-23)19(17-4-3-7-28-17)14(9-22)20(24)26-21/h3-8H,11H2,1-2H3,(H2,24,26)(H,25,27)/p+1. The van der Waals surface area contributed by atoms with E-state index >= 15 is 0 Å². The molecular formula is C21H18N5OS2+. The van der Waals surface area contributed by atoms with E-state index in [0.717, 1.165) is 21.7 Å². The summed E-state index contributed by atoms with van der Waals surface area (Å²) < 4.78 is 0. The molecule has 0 saturated carbocycles. The number of amides is 1. The third-order valence-corrected chi connectivity index (χ3v) is 6.13. The number of hydrogen-bond donors (Lipinski definition) is 2. The van der Waals surface area contributed by atoms with Crippen LogP contribution in [0.15, 0.2) is 40.7 Å². The fourth-order valence-electron chi connectivity index (χ4n) is 2.90. The number of aryl methyl sites for hydroxylation is 2. The molecule has 8 heteroatoms. The molecule has 0 aliphatic carbocycles. The van der Waals surface area contributed by atoms with Gasteiger partial charge in [0.05, 0.1) is 5.75 Å². The van der Waals surface area contributed by atoms with E-state index < -0.39 is 0 Å². The summed E-state index contributed by atoms with van der Waals surface area (Å²) in [6.45, 7) is 3.93. The summed E-state index contributed by atoms with van der Waals surface area (Å²) in [6, 6.07) is 13.7. The molecule has 0 aliphatic heterocycles. The van der Waals surface area contributed by atoms with Crippen molar-refractivity contribution in [3.63, 3.8) is 0 Å². The highest BCUT2D eigenvalue weighted by Crippen LogP contribution is 2.35. The van der Waals surface area contributed by atoms with Crippen LogP contribution in [0.1, 0.15) is 22.3 Å². The van der Waals surface area contributed by atoms with Crippen molar-refractivity contribution in [3.05, 3.63) is 58.0 Å². The Labute approximate surface area is 177 Å². The topological polar surface area (TPSA) is 117 Å². The number of hydrogen-bond acceptors (Lipinski definition) is 6. The number of carbonyl (C=O) groups is 1. The van der Waals surface area contributed by atoms with Gasteiger partial charge in [-0.2, -0.15) is 10.5 Å². The molecule has 6 nitrogen and oxygen atoms in total. The van der Waals surface area contributed by atoms with Crippen LogP contribution in [-0.2, 0) is 4.79 Å². The Morgan fingerprint density at radius 2 is 2.00 bits per heavy atom. The number of nitrogens with one attached hydrogen (secondary N) is 2. The normalized spacial score (nSPS) is 10.2. The van der Waals surface area contributed by atoms with Gasteiger partial charge in [0.1, 0.15) is 17.7 Å². The molecule has 0 spiro atoms. The number of nitrogens with two attached hydrogens (primary N) is 1. The lowest BCUT2D eigenvalue weighted by atomic mass is 10.0. The number of nitrogen functional groups attached to an aromatic ring is 1. The van der Waals surface area contributed by atoms with Gasteiger partial charge in [-0.3, -0.25) is 10.5 Å². The highest BCUT2D eigenvalue weighted by Gasteiger charge is 2.24. The quantitative estimate of drug-likeness (QED) is 0.607. The number of rotatable bonds is 5. The molecular weight excluding hydrogens is 402 g/mol. The molecule has 2 aromatic heterocycles. The van der Waals surface area contributed by atoms with E-state index in [2.05, 4.69) is 22.4 Å². The third-order valence-electron chi connectivity index (χ3n) is 4.24. The first-order valence-corrected chi connectivity index (χ1v) is 10.5. The highest BCUT2D eigenvalue weighted by molar-refractivity contribution is 7.99. The van der Waals surface area contributed by atoms with Gasteiger partial charge in [-0.25, -0.2) is 4.98 Å². The molecule has 144 valence electrons. The minimum atomic E-state index is -0.195. The maximum atomic E-state index is 12.4. The summed E-state index contributed by atoms with van der Waals surface area (Å²) >= 11 is 2.60. The smallest absolute Gasteiger partial charge is 0.289 e. The van der Waals surface area contributed by atoms with Crippen LogP contribution in [0.5, 0.6) is 0 Å². The first-order valence-electron chi connectivity index (χ1n) is 8.67. The second-order valence-corrected chi connectivity index (χ2v) is 8.28. The maximum Gasteiger partial charge on any atom is 0.289 e. The molecule has 0 unspecified atom stereocenters. The number of H-pyrrole nitrogens is 1. The molecule has 0 radical (unpaired) electrons. The second-order valence-electron chi connectivity index (χ2n) is 6.35. The molecule has 0 aliphatic rings. The molecule has 3 aromatic rings. The van der Waals surface area contributed by atoms with Gasteiger partial charge in [0, 0.05) is 16.1 Å². The number of nitriles is 2. The van der Waals surface area contributed by atoms with Gasteiger partial charge in [-0.15, -0.1) is 11.3 Å². The number of thioether (sulfide) groups is 1. The first-order chi connectivity index (χ1) is 13.9. The summed E-state index contributed by atoms with van der Waals surface area (Å²) in [6.07, 6.45) is 0. The molecule has 0 atom stereocenters. The van der Waals surface area contributed by atoms with E-state index in [-0.39, 0.29) is 23.0 Å². The lowest BCUT2D eigenvalue weighted by Gasteiger charge is -2.10. The maximum absolute atomic E-state index is 12.4. The molecule has 4 N–H and O–H groups in total. The zero-order valence-electron chi connectivity index (χ0n) is 15.9. The number of thiophene rings is 1. The number of anilines is 2. The van der Waals surface area contributed by atoms with Gasteiger partial charge in [0.25, 0.3) is 5.82 Å². The summed E-state index contributed by atoms with van der Waals surface area (Å²) in [7, 11) is 0. The number of aromatic nitrogens is 1. The Kier molecular flexibility index (Phi) is 6.18. The minimum absolute atomic E-state index is 0.0910. The summed E-state index contributed by atoms with van der Waals surface area (Å²) in [5, 5.41) is 24.5. The van der Waals surface area contributed by atoms with Crippen LogP contribution >= 0.6 is 23.1 Å². The van der Waals surface area contributed by atoms with Crippen LogP contribution in [-0.4, -0.2) is 11.7 Å². The first kappa shape index (κ1) is 20.4. The molecule has 1 amide bonds. The average molecular weight is 421 g/mol. The van der Waals surface area contributed by atoms with Crippen LogP contribution in [0.2, 0.25) is 0 Å². The molecule has 1 aromatic carbocycles. The lowest BCUT2D eigenvalue weighted by Crippen LogP contribution is -2.21. The predicted octanol–water partition coefficient (Wildman–Crippen LogP) is 3.90. The molecule has 0 bridgehead atoms. The van der Waals surface area contributed by atoms with E-state index in [1.807, 2.05) is 49.6 Å². The summed E-state index contributed by atoms with van der Waals surface area (Å²) in [4.78, 5) is 16.1. The van der Waals surface area contributed by atoms with Crippen molar-refractivity contribution >= 4 is 40.5 Å². The van der Waals surface area contributed by atoms with Crippen LogP contribution < -0.4 is 16.0 Å². The van der Waals surface area contributed by atoms with Gasteiger partial charge in [0.2, 0.25) is 5.91 Å². The minimum Gasteiger partial charge on any atom is -0.325 e. The second kappa shape index (κ2) is 8.78. The van der Waals surface area contributed by atoms with Crippen molar-refractivity contribution in [2.24, 2.45) is 0 Å². The van der Waals surface area contributed by atoms with Crippen LogP contribution in [0.25, 0.3) is 10.4 Å². The fraction of sp³-hybridized carbons (Fsp3) is 0.143. The van der Waals surface area contributed by atoms with E-state index in [0.29, 0.717) is 16.2 Å². The van der Waals surface area contributed by atoms with Crippen molar-refractivity contribution in [2.45, 2.75) is 18.9 Å². The molecule has 0 saturated heterocycles. The molecule has 29 heavy (non-hydrogen) atoms. The number of pyridine rings is 1.